The van der Waals surface area contributed by atoms with Gasteiger partial charge in [-0.25, -0.2) is 0 Å². The summed E-state index contributed by atoms with van der Waals surface area (Å²) in [7, 11) is 0. The third-order valence-corrected chi connectivity index (χ3v) is 5.36. The molecule has 3 aromatic carbocycles. The molecule has 0 fully saturated rings. The van der Waals surface area contributed by atoms with Crippen molar-refractivity contribution in [1.29, 1.82) is 0 Å². The summed E-state index contributed by atoms with van der Waals surface area (Å²) in [6.07, 6.45) is 2.18. The van der Waals surface area contributed by atoms with E-state index in [0.717, 1.165) is 0 Å². The lowest BCUT2D eigenvalue weighted by atomic mass is 10.1. The third-order valence-electron chi connectivity index (χ3n) is 4.25. The van der Waals surface area contributed by atoms with E-state index in [-0.39, 0.29) is 0 Å². The Morgan fingerprint density at radius 1 is 0.682 bits per heavy atom. The van der Waals surface area contributed by atoms with E-state index >= 15 is 0 Å². The lowest BCUT2D eigenvalue weighted by Crippen LogP contribution is -1.87. The molecule has 0 spiro atoms. The van der Waals surface area contributed by atoms with Crippen molar-refractivity contribution >= 4 is 43.1 Å². The zero-order valence-corrected chi connectivity index (χ0v) is 12.7. The number of hydrogen-bond acceptors (Lipinski definition) is 1. The first kappa shape index (κ1) is 12.0. The van der Waals surface area contributed by atoms with Gasteiger partial charge >= 0.3 is 0 Å². The fourth-order valence-corrected chi connectivity index (χ4v) is 4.24. The molecule has 0 unspecified atom stereocenters. The van der Waals surface area contributed by atoms with Gasteiger partial charge in [0.2, 0.25) is 0 Å². The highest BCUT2D eigenvalue weighted by atomic mass is 32.1. The van der Waals surface area contributed by atoms with Gasteiger partial charge in [0.1, 0.15) is 5.00 Å². The summed E-state index contributed by atoms with van der Waals surface area (Å²) in [5.41, 5.74) is 1.27. The van der Waals surface area contributed by atoms with Crippen LogP contribution in [-0.4, -0.2) is 4.57 Å². The number of aromatic nitrogens is 1. The molecule has 0 amide bonds. The average Bonchev–Trinajstić information content (AvgIpc) is 3.18. The van der Waals surface area contributed by atoms with Crippen molar-refractivity contribution in [2.24, 2.45) is 0 Å². The van der Waals surface area contributed by atoms with Crippen molar-refractivity contribution < 1.29 is 0 Å². The van der Waals surface area contributed by atoms with Crippen molar-refractivity contribution in [1.82, 2.24) is 4.57 Å². The van der Waals surface area contributed by atoms with E-state index < -0.39 is 0 Å². The van der Waals surface area contributed by atoms with E-state index in [1.807, 2.05) is 11.3 Å². The van der Waals surface area contributed by atoms with Crippen molar-refractivity contribution in [2.75, 3.05) is 0 Å². The molecule has 0 saturated carbocycles. The van der Waals surface area contributed by atoms with E-state index in [0.29, 0.717) is 0 Å². The van der Waals surface area contributed by atoms with E-state index in [2.05, 4.69) is 83.6 Å². The van der Waals surface area contributed by atoms with Crippen LogP contribution < -0.4 is 0 Å². The van der Waals surface area contributed by atoms with Crippen LogP contribution in [0.1, 0.15) is 0 Å². The Hall–Kier alpha value is -2.58. The molecule has 0 radical (unpaired) electrons. The number of benzene rings is 3. The largest absolute Gasteiger partial charge is 0.308 e. The fourth-order valence-electron chi connectivity index (χ4n) is 3.18. The first-order chi connectivity index (χ1) is 10.9. The molecule has 1 nitrogen and oxygen atoms in total. The average molecular weight is 299 g/mol. The minimum absolute atomic E-state index is 1.27. The van der Waals surface area contributed by atoms with Gasteiger partial charge in [0.15, 0.2) is 0 Å². The zero-order chi connectivity index (χ0) is 14.5. The molecule has 2 heteroatoms. The quantitative estimate of drug-likeness (QED) is 0.358. The van der Waals surface area contributed by atoms with Crippen LogP contribution in [0.15, 0.2) is 79.0 Å². The summed E-state index contributed by atoms with van der Waals surface area (Å²) in [5.74, 6) is 0. The van der Waals surface area contributed by atoms with Gasteiger partial charge in [-0.15, -0.1) is 11.3 Å². The van der Waals surface area contributed by atoms with E-state index in [1.165, 1.54) is 36.8 Å². The number of thiophene rings is 1. The molecule has 0 bridgehead atoms. The summed E-state index contributed by atoms with van der Waals surface area (Å²) in [6, 6.07) is 26.1. The van der Waals surface area contributed by atoms with Crippen molar-refractivity contribution in [3.8, 4) is 5.00 Å². The molecule has 5 rings (SSSR count). The summed E-state index contributed by atoms with van der Waals surface area (Å²) >= 11 is 1.84. The maximum Gasteiger partial charge on any atom is 0.101 e. The van der Waals surface area contributed by atoms with Crippen LogP contribution in [0.3, 0.4) is 0 Å². The van der Waals surface area contributed by atoms with Crippen LogP contribution in [0.2, 0.25) is 0 Å². The Balaban J connectivity index is 1.82. The zero-order valence-electron chi connectivity index (χ0n) is 11.9. The van der Waals surface area contributed by atoms with Gasteiger partial charge in [-0.1, -0.05) is 48.5 Å². The Morgan fingerprint density at radius 3 is 2.41 bits per heavy atom. The normalized spacial score (nSPS) is 11.6. The molecule has 5 aromatic rings. The highest BCUT2D eigenvalue weighted by Gasteiger charge is 2.08. The highest BCUT2D eigenvalue weighted by molar-refractivity contribution is 7.21. The second kappa shape index (κ2) is 4.46. The predicted octanol–water partition coefficient (Wildman–Crippen LogP) is 6.00. The molecular formula is C20H13NS. The summed E-state index contributed by atoms with van der Waals surface area (Å²) in [6.45, 7) is 0. The fraction of sp³-hybridized carbons (Fsp3) is 0. The number of fused-ring (bicyclic) bond motifs is 4. The molecule has 2 heterocycles. The number of rotatable bonds is 1. The molecule has 0 atom stereocenters. The van der Waals surface area contributed by atoms with Crippen LogP contribution in [0.4, 0.5) is 0 Å². The molecule has 0 saturated heterocycles. The van der Waals surface area contributed by atoms with Crippen LogP contribution >= 0.6 is 11.3 Å². The van der Waals surface area contributed by atoms with Crippen LogP contribution in [0.5, 0.6) is 0 Å². The van der Waals surface area contributed by atoms with E-state index in [1.54, 1.807) is 0 Å². The minimum Gasteiger partial charge on any atom is -0.308 e. The van der Waals surface area contributed by atoms with Gasteiger partial charge in [0, 0.05) is 16.3 Å². The van der Waals surface area contributed by atoms with Gasteiger partial charge in [-0.2, -0.15) is 0 Å². The van der Waals surface area contributed by atoms with Crippen molar-refractivity contribution in [2.45, 2.75) is 0 Å². The summed E-state index contributed by atoms with van der Waals surface area (Å²) in [5, 5.41) is 6.51. The summed E-state index contributed by atoms with van der Waals surface area (Å²) in [4.78, 5) is 0. The molecule has 0 aliphatic heterocycles. The highest BCUT2D eigenvalue weighted by Crippen LogP contribution is 2.33. The molecule has 2 aromatic heterocycles. The first-order valence-electron chi connectivity index (χ1n) is 7.38. The second-order valence-electron chi connectivity index (χ2n) is 5.53. The first-order valence-corrected chi connectivity index (χ1v) is 8.19. The smallest absolute Gasteiger partial charge is 0.101 e. The Bertz CT molecular complexity index is 1100. The summed E-state index contributed by atoms with van der Waals surface area (Å²) < 4.78 is 3.63. The van der Waals surface area contributed by atoms with Gasteiger partial charge in [-0.3, -0.25) is 0 Å². The standard InChI is InChI=1S/C20H13NS/c1-3-7-16-14(5-1)9-10-18-17(16)11-12-21(18)20-13-15-6-2-4-8-19(15)22-20/h1-13H. The number of hydrogen-bond donors (Lipinski definition) is 0. The molecule has 0 aliphatic rings. The maximum atomic E-state index is 2.30. The van der Waals surface area contributed by atoms with Crippen LogP contribution in [-0.2, 0) is 0 Å². The maximum absolute atomic E-state index is 2.30. The van der Waals surface area contributed by atoms with Crippen molar-refractivity contribution in [3.63, 3.8) is 0 Å². The van der Waals surface area contributed by atoms with Crippen molar-refractivity contribution in [3.05, 3.63) is 79.0 Å². The molecular weight excluding hydrogens is 286 g/mol. The SMILES string of the molecule is c1ccc2sc(-n3ccc4c5ccccc5ccc43)cc2c1. The van der Waals surface area contributed by atoms with Gasteiger partial charge in [0.05, 0.1) is 5.52 Å². The van der Waals surface area contributed by atoms with E-state index in [4.69, 9.17) is 0 Å². The van der Waals surface area contributed by atoms with Crippen LogP contribution in [0.25, 0.3) is 36.8 Å². The molecule has 104 valence electrons. The van der Waals surface area contributed by atoms with Gasteiger partial charge < -0.3 is 4.57 Å². The number of nitrogens with zero attached hydrogens (tertiary/aromatic N) is 1. The Kier molecular flexibility index (Phi) is 2.43. The predicted molar refractivity (Wildman–Crippen MR) is 96.2 cm³/mol. The Morgan fingerprint density at radius 2 is 1.50 bits per heavy atom. The third kappa shape index (κ3) is 1.65. The van der Waals surface area contributed by atoms with Gasteiger partial charge in [-0.05, 0) is 40.4 Å². The topological polar surface area (TPSA) is 4.93 Å². The molecule has 0 aliphatic carbocycles. The molecule has 22 heavy (non-hydrogen) atoms. The lowest BCUT2D eigenvalue weighted by molar-refractivity contribution is 1.17. The Labute approximate surface area is 132 Å². The van der Waals surface area contributed by atoms with Gasteiger partial charge in [0.25, 0.3) is 0 Å². The van der Waals surface area contributed by atoms with Crippen LogP contribution in [0, 0.1) is 0 Å². The van der Waals surface area contributed by atoms with E-state index in [9.17, 15) is 0 Å². The minimum atomic E-state index is 1.27. The second-order valence-corrected chi connectivity index (χ2v) is 6.59. The lowest BCUT2D eigenvalue weighted by Gasteiger charge is -2.03. The molecule has 0 N–H and O–H groups in total. The monoisotopic (exact) mass is 299 g/mol.